The molecule has 2 heterocycles. The van der Waals surface area contributed by atoms with Crippen LogP contribution in [0.15, 0.2) is 6.07 Å². The topological polar surface area (TPSA) is 80.8 Å². The Labute approximate surface area is 146 Å². The first-order chi connectivity index (χ1) is 11.1. The Hall–Kier alpha value is -1.41. The number of carbonyl (C=O) groups is 2. The van der Waals surface area contributed by atoms with E-state index in [-0.39, 0.29) is 23.5 Å². The van der Waals surface area contributed by atoms with Crippen molar-refractivity contribution in [3.63, 3.8) is 0 Å². The summed E-state index contributed by atoms with van der Waals surface area (Å²) >= 11 is 1.50. The molecule has 134 valence electrons. The molecule has 24 heavy (non-hydrogen) atoms. The predicted octanol–water partition coefficient (Wildman–Crippen LogP) is 1.95. The summed E-state index contributed by atoms with van der Waals surface area (Å²) in [6.07, 6.45) is -0.508. The van der Waals surface area contributed by atoms with E-state index in [9.17, 15) is 18.0 Å². The third-order valence-corrected chi connectivity index (χ3v) is 6.88. The minimum Gasteiger partial charge on any atom is -0.449 e. The molecule has 1 aromatic rings. The number of nitrogens with zero attached hydrogens (tertiary/aromatic N) is 1. The highest BCUT2D eigenvalue weighted by Crippen LogP contribution is 2.23. The first-order valence-corrected chi connectivity index (χ1v) is 10.6. The fourth-order valence-corrected chi connectivity index (χ4v) is 5.60. The molecule has 2 atom stereocenters. The zero-order valence-corrected chi connectivity index (χ0v) is 16.0. The molecule has 1 aliphatic rings. The van der Waals surface area contributed by atoms with Crippen molar-refractivity contribution >= 4 is 33.1 Å². The van der Waals surface area contributed by atoms with Gasteiger partial charge in [0.15, 0.2) is 15.9 Å². The number of sulfone groups is 1. The third-order valence-electron chi connectivity index (χ3n) is 4.17. The van der Waals surface area contributed by atoms with Gasteiger partial charge in [0, 0.05) is 22.3 Å². The number of carbonyl (C=O) groups excluding carboxylic acids is 2. The van der Waals surface area contributed by atoms with Crippen LogP contribution in [0.5, 0.6) is 0 Å². The number of ether oxygens (including phenoxy) is 1. The van der Waals surface area contributed by atoms with Gasteiger partial charge in [-0.2, -0.15) is 0 Å². The molecule has 1 saturated heterocycles. The Morgan fingerprint density at radius 1 is 1.42 bits per heavy atom. The van der Waals surface area contributed by atoms with Crippen LogP contribution in [0.2, 0.25) is 0 Å². The van der Waals surface area contributed by atoms with Gasteiger partial charge in [-0.05, 0) is 40.2 Å². The number of hydrogen-bond donors (Lipinski definition) is 0. The van der Waals surface area contributed by atoms with Crippen LogP contribution in [-0.2, 0) is 19.4 Å². The molecule has 0 bridgehead atoms. The van der Waals surface area contributed by atoms with Crippen molar-refractivity contribution in [1.29, 1.82) is 0 Å². The Morgan fingerprint density at radius 3 is 2.54 bits per heavy atom. The lowest BCUT2D eigenvalue weighted by atomic mass is 10.2. The van der Waals surface area contributed by atoms with Crippen LogP contribution in [0.3, 0.4) is 0 Å². The van der Waals surface area contributed by atoms with Crippen molar-refractivity contribution < 1.29 is 22.7 Å². The van der Waals surface area contributed by atoms with Gasteiger partial charge in [0.1, 0.15) is 0 Å². The molecule has 2 rings (SSSR count). The van der Waals surface area contributed by atoms with Crippen LogP contribution < -0.4 is 0 Å². The molecule has 0 aliphatic carbocycles. The van der Waals surface area contributed by atoms with E-state index >= 15 is 0 Å². The quantitative estimate of drug-likeness (QED) is 0.737. The molecular formula is C16H23NO5S2. The van der Waals surface area contributed by atoms with Crippen LogP contribution in [0.25, 0.3) is 0 Å². The molecule has 0 radical (unpaired) electrons. The molecule has 2 unspecified atom stereocenters. The predicted molar refractivity (Wildman–Crippen MR) is 93.1 cm³/mol. The smallest absolute Gasteiger partial charge is 0.340 e. The second kappa shape index (κ2) is 7.23. The zero-order valence-electron chi connectivity index (χ0n) is 14.4. The number of amides is 1. The summed E-state index contributed by atoms with van der Waals surface area (Å²) in [5.74, 6) is -0.788. The minimum atomic E-state index is -3.08. The summed E-state index contributed by atoms with van der Waals surface area (Å²) in [7, 11) is -3.08. The maximum Gasteiger partial charge on any atom is 0.340 e. The average Bonchev–Trinajstić information content (AvgIpc) is 3.01. The largest absolute Gasteiger partial charge is 0.449 e. The molecule has 0 spiro atoms. The molecule has 8 heteroatoms. The maximum absolute atomic E-state index is 12.6. The first kappa shape index (κ1) is 18.9. The van der Waals surface area contributed by atoms with Crippen molar-refractivity contribution in [3.05, 3.63) is 21.4 Å². The molecule has 1 aliphatic heterocycles. The van der Waals surface area contributed by atoms with Crippen molar-refractivity contribution in [2.75, 3.05) is 18.1 Å². The van der Waals surface area contributed by atoms with E-state index in [4.69, 9.17) is 4.74 Å². The molecule has 1 aromatic heterocycles. The standard InChI is InChI=1S/C16H23NO5S2/c1-5-17(13-6-7-24(20,21)9-13)15(18)11(3)22-16(19)14-8-10(2)23-12(14)4/h8,11,13H,5-7,9H2,1-4H3. The molecule has 1 fully saturated rings. The Bertz CT molecular complexity index is 738. The second-order valence-electron chi connectivity index (χ2n) is 6.06. The number of thiophene rings is 1. The highest BCUT2D eigenvalue weighted by Gasteiger charge is 2.36. The molecule has 6 nitrogen and oxygen atoms in total. The summed E-state index contributed by atoms with van der Waals surface area (Å²) < 4.78 is 28.6. The molecule has 0 N–H and O–H groups in total. The highest BCUT2D eigenvalue weighted by molar-refractivity contribution is 7.91. The lowest BCUT2D eigenvalue weighted by molar-refractivity contribution is -0.141. The van der Waals surface area contributed by atoms with Crippen molar-refractivity contribution in [2.24, 2.45) is 0 Å². The van der Waals surface area contributed by atoms with Crippen LogP contribution >= 0.6 is 11.3 Å². The number of esters is 1. The maximum atomic E-state index is 12.6. The van der Waals surface area contributed by atoms with Gasteiger partial charge in [0.25, 0.3) is 5.91 Å². The van der Waals surface area contributed by atoms with E-state index in [1.165, 1.54) is 23.2 Å². The van der Waals surface area contributed by atoms with Crippen molar-refractivity contribution in [3.8, 4) is 0 Å². The van der Waals surface area contributed by atoms with E-state index in [1.54, 1.807) is 13.0 Å². The van der Waals surface area contributed by atoms with Crippen LogP contribution in [0.4, 0.5) is 0 Å². The van der Waals surface area contributed by atoms with Gasteiger partial charge in [0.2, 0.25) is 0 Å². The fraction of sp³-hybridized carbons (Fsp3) is 0.625. The Morgan fingerprint density at radius 2 is 2.08 bits per heavy atom. The summed E-state index contributed by atoms with van der Waals surface area (Å²) in [5.41, 5.74) is 0.476. The first-order valence-electron chi connectivity index (χ1n) is 7.93. The van der Waals surface area contributed by atoms with Gasteiger partial charge in [0.05, 0.1) is 17.1 Å². The van der Waals surface area contributed by atoms with Gasteiger partial charge in [-0.25, -0.2) is 13.2 Å². The van der Waals surface area contributed by atoms with Crippen LogP contribution in [0, 0.1) is 13.8 Å². The number of likely N-dealkylation sites (N-methyl/N-ethyl adjacent to an activating group) is 1. The van der Waals surface area contributed by atoms with Gasteiger partial charge in [-0.3, -0.25) is 4.79 Å². The zero-order chi connectivity index (χ0) is 18.1. The lowest BCUT2D eigenvalue weighted by Crippen LogP contribution is -2.46. The van der Waals surface area contributed by atoms with Gasteiger partial charge in [-0.15, -0.1) is 11.3 Å². The van der Waals surface area contributed by atoms with Gasteiger partial charge in [-0.1, -0.05) is 0 Å². The average molecular weight is 373 g/mol. The van der Waals surface area contributed by atoms with E-state index in [0.717, 1.165) is 9.75 Å². The number of hydrogen-bond acceptors (Lipinski definition) is 6. The normalized spacial score (nSPS) is 20.6. The Balaban J connectivity index is 2.05. The lowest BCUT2D eigenvalue weighted by Gasteiger charge is -2.29. The van der Waals surface area contributed by atoms with Crippen LogP contribution in [-0.4, -0.2) is 55.4 Å². The molecule has 1 amide bonds. The summed E-state index contributed by atoms with van der Waals surface area (Å²) in [5, 5.41) is 0. The van der Waals surface area contributed by atoms with Crippen LogP contribution in [0.1, 0.15) is 40.4 Å². The second-order valence-corrected chi connectivity index (χ2v) is 9.74. The summed E-state index contributed by atoms with van der Waals surface area (Å²) in [4.78, 5) is 28.2. The SMILES string of the molecule is CCN(C(=O)C(C)OC(=O)c1cc(C)sc1C)C1CCS(=O)(=O)C1. The van der Waals surface area contributed by atoms with E-state index < -0.39 is 21.9 Å². The monoisotopic (exact) mass is 373 g/mol. The number of rotatable bonds is 5. The van der Waals surface area contributed by atoms with Gasteiger partial charge >= 0.3 is 5.97 Å². The third kappa shape index (κ3) is 4.16. The fourth-order valence-electron chi connectivity index (χ4n) is 2.96. The molecular weight excluding hydrogens is 350 g/mol. The van der Waals surface area contributed by atoms with Crippen molar-refractivity contribution in [1.82, 2.24) is 4.90 Å². The highest BCUT2D eigenvalue weighted by atomic mass is 32.2. The summed E-state index contributed by atoms with van der Waals surface area (Å²) in [6.45, 7) is 7.45. The van der Waals surface area contributed by atoms with Gasteiger partial charge < -0.3 is 9.64 Å². The Kier molecular flexibility index (Phi) is 5.70. The van der Waals surface area contributed by atoms with E-state index in [2.05, 4.69) is 0 Å². The van der Waals surface area contributed by atoms with E-state index in [0.29, 0.717) is 18.5 Å². The van der Waals surface area contributed by atoms with E-state index in [1.807, 2.05) is 13.8 Å². The number of aryl methyl sites for hydroxylation is 2. The molecule has 0 aromatic carbocycles. The summed E-state index contributed by atoms with van der Waals surface area (Å²) in [6, 6.07) is 1.42. The minimum absolute atomic E-state index is 0.0178. The van der Waals surface area contributed by atoms with Crippen molar-refractivity contribution in [2.45, 2.75) is 46.3 Å². The molecule has 0 saturated carbocycles.